The van der Waals surface area contributed by atoms with Crippen LogP contribution in [-0.2, 0) is 0 Å². The Bertz CT molecular complexity index is 5740. The Kier molecular flexibility index (Phi) is 22.5. The Morgan fingerprint density at radius 3 is 1.16 bits per heavy atom. The van der Waals surface area contributed by atoms with E-state index < -0.39 is 0 Å². The topological polar surface area (TPSA) is 92.0 Å². The van der Waals surface area contributed by atoms with Crippen molar-refractivity contribution in [2.45, 2.75) is 108 Å². The van der Waals surface area contributed by atoms with Gasteiger partial charge in [0.1, 0.15) is 39.1 Å². The van der Waals surface area contributed by atoms with Crippen molar-refractivity contribution in [3.63, 3.8) is 0 Å². The van der Waals surface area contributed by atoms with Crippen LogP contribution in [0.4, 0.5) is 0 Å². The van der Waals surface area contributed by atoms with Crippen LogP contribution in [0.25, 0.3) is 121 Å². The third kappa shape index (κ3) is 16.3. The molecule has 0 aliphatic rings. The molecule has 0 unspecified atom stereocenters. The van der Waals surface area contributed by atoms with E-state index >= 15 is 0 Å². The van der Waals surface area contributed by atoms with Crippen molar-refractivity contribution in [1.29, 1.82) is 0 Å². The number of furan rings is 7. The molecule has 0 bridgehead atoms. The van der Waals surface area contributed by atoms with E-state index in [9.17, 15) is 0 Å². The van der Waals surface area contributed by atoms with E-state index in [1.165, 1.54) is 132 Å². The van der Waals surface area contributed by atoms with E-state index in [1.807, 2.05) is 85.8 Å². The first-order valence-electron chi connectivity index (χ1n) is 35.5. The lowest BCUT2D eigenvalue weighted by molar-refractivity contribution is 0.611. The van der Waals surface area contributed by atoms with Gasteiger partial charge in [-0.15, -0.1) is 0 Å². The monoisotopic (exact) mass is 1350 g/mol. The summed E-state index contributed by atoms with van der Waals surface area (Å²) in [4.78, 5) is 0. The van der Waals surface area contributed by atoms with Crippen LogP contribution in [0.1, 0.15) is 115 Å². The van der Waals surface area contributed by atoms with Crippen LogP contribution in [0.3, 0.4) is 0 Å². The number of aryl methyl sites for hydroxylation is 7. The summed E-state index contributed by atoms with van der Waals surface area (Å²) in [6.07, 6.45) is 12.2. The van der Waals surface area contributed by atoms with Crippen LogP contribution in [-0.4, -0.2) is 0 Å². The number of para-hydroxylation sites is 1. The number of hydrogen-bond acceptors (Lipinski definition) is 7. The van der Waals surface area contributed by atoms with Crippen LogP contribution in [0, 0.1) is 48.5 Å². The predicted molar refractivity (Wildman–Crippen MR) is 431 cm³/mol. The third-order valence-corrected chi connectivity index (χ3v) is 19.1. The molecule has 7 heteroatoms. The fourth-order valence-electron chi connectivity index (χ4n) is 13.6. The van der Waals surface area contributed by atoms with Crippen LogP contribution in [0.15, 0.2) is 323 Å². The molecule has 7 nitrogen and oxygen atoms in total. The van der Waals surface area contributed by atoms with Gasteiger partial charge in [-0.2, -0.15) is 0 Å². The lowest BCUT2D eigenvalue weighted by Crippen LogP contribution is -1.94. The van der Waals surface area contributed by atoms with Gasteiger partial charge in [-0.3, -0.25) is 0 Å². The van der Waals surface area contributed by atoms with Crippen molar-refractivity contribution < 1.29 is 30.9 Å². The van der Waals surface area contributed by atoms with Crippen LogP contribution in [0.5, 0.6) is 0 Å². The summed E-state index contributed by atoms with van der Waals surface area (Å²) >= 11 is 0. The van der Waals surface area contributed by atoms with E-state index in [0.29, 0.717) is 17.8 Å². The molecule has 0 aliphatic heterocycles. The number of rotatable bonds is 7. The summed E-state index contributed by atoms with van der Waals surface area (Å²) in [6, 6.07) is 85.8. The first-order valence-corrected chi connectivity index (χ1v) is 35.5. The highest BCUT2D eigenvalue weighted by atomic mass is 16.3. The molecule has 0 fully saturated rings. The normalized spacial score (nSPS) is 11.0. The lowest BCUT2D eigenvalue weighted by Gasteiger charge is -2.14. The van der Waals surface area contributed by atoms with E-state index in [-0.39, 0.29) is 0 Å². The molecule has 0 amide bonds. The van der Waals surface area contributed by atoms with Crippen LogP contribution in [0.2, 0.25) is 0 Å². The molecule has 18 rings (SSSR count). The second-order valence-corrected chi connectivity index (χ2v) is 27.2. The minimum atomic E-state index is 0.497. The molecular formula is C96H90O7. The molecule has 0 aliphatic carbocycles. The quantitative estimate of drug-likeness (QED) is 0.157. The Morgan fingerprint density at radius 1 is 0.214 bits per heavy atom. The molecule has 516 valence electrons. The van der Waals surface area contributed by atoms with Gasteiger partial charge in [0, 0.05) is 43.3 Å². The van der Waals surface area contributed by atoms with E-state index in [2.05, 4.69) is 253 Å². The zero-order valence-electron chi connectivity index (χ0n) is 61.3. The molecule has 0 saturated heterocycles. The van der Waals surface area contributed by atoms with Gasteiger partial charge in [0.15, 0.2) is 0 Å². The fraction of sp³-hybridized carbons (Fsp3) is 0.167. The van der Waals surface area contributed by atoms with Gasteiger partial charge in [0.25, 0.3) is 0 Å². The summed E-state index contributed by atoms with van der Waals surface area (Å²) in [7, 11) is 0. The van der Waals surface area contributed by atoms with Crippen LogP contribution >= 0.6 is 0 Å². The number of fused-ring (bicyclic) bond motifs is 7. The Morgan fingerprint density at radius 2 is 0.612 bits per heavy atom. The average Bonchev–Trinajstić information content (AvgIpc) is 1.77. The maximum atomic E-state index is 5.70. The fourth-order valence-corrected chi connectivity index (χ4v) is 13.6. The van der Waals surface area contributed by atoms with Gasteiger partial charge in [-0.25, -0.2) is 0 Å². The summed E-state index contributed by atoms with van der Waals surface area (Å²) in [5.74, 6) is 1.64. The molecule has 0 N–H and O–H groups in total. The van der Waals surface area contributed by atoms with Crippen LogP contribution < -0.4 is 0 Å². The zero-order valence-corrected chi connectivity index (χ0v) is 61.3. The summed E-state index contributed by atoms with van der Waals surface area (Å²) < 4.78 is 38.2. The first-order chi connectivity index (χ1) is 50.0. The minimum absolute atomic E-state index is 0.497. The highest BCUT2D eigenvalue weighted by molar-refractivity contribution is 5.98. The molecule has 11 aromatic carbocycles. The number of hydrogen-bond donors (Lipinski definition) is 0. The second kappa shape index (κ2) is 32.7. The second-order valence-electron chi connectivity index (χ2n) is 27.2. The Hall–Kier alpha value is -11.8. The predicted octanol–water partition coefficient (Wildman–Crippen LogP) is 29.2. The molecule has 18 aromatic rings. The SMILES string of the molecule is Cc1c(-c2ccccc2)ccc2ccoc12.Cc1c(C(C)C)cc(-c2ccccc2)c2ccoc12.Cc1c(C(C)C)ccc2ccoc12.Cc1cc(-c2ccccc2)cc2ccoc12.Cc1cc(C(C)C)cc2ccoc12.Cc1ccc(-c2ccccc2)c2ccoc12.Cc1cccc2ccoc12. The number of benzene rings is 11. The van der Waals surface area contributed by atoms with Crippen molar-refractivity contribution in [3.05, 3.63) is 348 Å². The maximum absolute atomic E-state index is 5.70. The van der Waals surface area contributed by atoms with Gasteiger partial charge in [0.2, 0.25) is 0 Å². The van der Waals surface area contributed by atoms with Gasteiger partial charge < -0.3 is 30.9 Å². The molecule has 7 heterocycles. The maximum Gasteiger partial charge on any atom is 0.137 e. The lowest BCUT2D eigenvalue weighted by atomic mass is 9.91. The van der Waals surface area contributed by atoms with Gasteiger partial charge in [-0.05, 0) is 228 Å². The average molecular weight is 1360 g/mol. The van der Waals surface area contributed by atoms with Gasteiger partial charge in [-0.1, -0.05) is 224 Å². The van der Waals surface area contributed by atoms with Crippen molar-refractivity contribution in [2.24, 2.45) is 0 Å². The molecule has 0 spiro atoms. The van der Waals surface area contributed by atoms with E-state index in [1.54, 1.807) is 43.8 Å². The first kappa shape index (κ1) is 71.0. The smallest absolute Gasteiger partial charge is 0.137 e. The molecule has 0 saturated carbocycles. The molecule has 103 heavy (non-hydrogen) atoms. The van der Waals surface area contributed by atoms with Gasteiger partial charge in [0.05, 0.1) is 43.8 Å². The summed E-state index contributed by atoms with van der Waals surface area (Å²) in [5, 5.41) is 8.31. The highest BCUT2D eigenvalue weighted by Crippen LogP contribution is 2.38. The van der Waals surface area contributed by atoms with Gasteiger partial charge >= 0.3 is 0 Å². The molecule has 7 aromatic heterocycles. The van der Waals surface area contributed by atoms with Crippen molar-refractivity contribution in [3.8, 4) is 44.5 Å². The third-order valence-electron chi connectivity index (χ3n) is 19.1. The summed E-state index contributed by atoms with van der Waals surface area (Å²) in [5.41, 5.74) is 29.6. The van der Waals surface area contributed by atoms with Crippen molar-refractivity contribution in [1.82, 2.24) is 0 Å². The zero-order chi connectivity index (χ0) is 72.1. The van der Waals surface area contributed by atoms with E-state index in [0.717, 1.165) is 44.5 Å². The van der Waals surface area contributed by atoms with E-state index in [4.69, 9.17) is 30.9 Å². The van der Waals surface area contributed by atoms with Crippen molar-refractivity contribution >= 4 is 76.8 Å². The Balaban J connectivity index is 0.000000114. The Labute approximate surface area is 604 Å². The molecule has 0 atom stereocenters. The highest BCUT2D eigenvalue weighted by Gasteiger charge is 2.16. The van der Waals surface area contributed by atoms with Crippen molar-refractivity contribution in [2.75, 3.05) is 0 Å². The standard InChI is InChI=1S/C18H18O.3C15H12O.2C12H14O.C9H8O/c1-12(2)16-11-17(14-7-5-4-6-8-14)15-9-10-19-18(15)13(16)3;1-11-9-14(12-5-3-2-4-6-12)10-13-7-8-16-15(11)13;1-11-14(12-5-3-2-4-6-12)8-7-13-9-10-16-15(11)13;1-11-7-8-13(12-5-3-2-4-6-12)14-9-10-16-15(11)14;1-8(2)11-6-9(3)12-10(7-11)4-5-13-12;1-8(2)11-5-4-10-6-7-13-12(10)9(11)3;1-7-3-2-4-8-5-6-10-9(7)8/h4-12H,1-3H3;3*2-10H,1H3;2*4-8H,1-3H3;2-6H,1H3. The summed E-state index contributed by atoms with van der Waals surface area (Å²) in [6.45, 7) is 28.0. The minimum Gasteiger partial charge on any atom is -0.464 e. The largest absolute Gasteiger partial charge is 0.464 e. The molecular weight excluding hydrogens is 1270 g/mol. The molecule has 0 radical (unpaired) electrons.